The number of aryl methyl sites for hydroxylation is 1. The van der Waals surface area contributed by atoms with Crippen LogP contribution in [0.5, 0.6) is 0 Å². The highest BCUT2D eigenvalue weighted by atomic mass is 16.5. The first-order valence-electron chi connectivity index (χ1n) is 9.47. The second-order valence-electron chi connectivity index (χ2n) is 8.00. The Kier molecular flexibility index (Phi) is 4.42. The van der Waals surface area contributed by atoms with Crippen molar-refractivity contribution in [3.05, 3.63) is 23.8 Å². The largest absolute Gasteiger partial charge is 0.381 e. The molecule has 1 aliphatic carbocycles. The van der Waals surface area contributed by atoms with Gasteiger partial charge in [0.05, 0.1) is 11.3 Å². The summed E-state index contributed by atoms with van der Waals surface area (Å²) >= 11 is 0. The van der Waals surface area contributed by atoms with E-state index in [1.54, 1.807) is 13.1 Å². The third kappa shape index (κ3) is 3.09. The average Bonchev–Trinajstić information content (AvgIpc) is 3.27. The van der Waals surface area contributed by atoms with Gasteiger partial charge in [-0.1, -0.05) is 6.92 Å². The molecule has 140 valence electrons. The van der Waals surface area contributed by atoms with Crippen molar-refractivity contribution in [1.29, 1.82) is 0 Å². The molecule has 3 heterocycles. The molecule has 2 saturated heterocycles. The monoisotopic (exact) mass is 358 g/mol. The van der Waals surface area contributed by atoms with Crippen LogP contribution in [0.15, 0.2) is 12.5 Å². The Bertz CT molecular complexity index is 716. The fourth-order valence-electron chi connectivity index (χ4n) is 4.44. The molecule has 2 aliphatic heterocycles. The van der Waals surface area contributed by atoms with E-state index >= 15 is 0 Å². The highest BCUT2D eigenvalue weighted by Gasteiger charge is 2.53. The minimum atomic E-state index is -0.169. The van der Waals surface area contributed by atoms with Gasteiger partial charge in [0, 0.05) is 43.5 Å². The predicted molar refractivity (Wildman–Crippen MR) is 94.4 cm³/mol. The second-order valence-corrected chi connectivity index (χ2v) is 8.00. The molecule has 1 saturated carbocycles. The molecule has 26 heavy (non-hydrogen) atoms. The van der Waals surface area contributed by atoms with Gasteiger partial charge in [0.1, 0.15) is 6.33 Å². The van der Waals surface area contributed by atoms with E-state index in [2.05, 4.69) is 27.1 Å². The van der Waals surface area contributed by atoms with Crippen molar-refractivity contribution in [2.45, 2.75) is 51.1 Å². The third-order valence-corrected chi connectivity index (χ3v) is 6.21. The summed E-state index contributed by atoms with van der Waals surface area (Å²) in [6.45, 7) is 5.87. The van der Waals surface area contributed by atoms with Crippen LogP contribution in [0.3, 0.4) is 0 Å². The molecule has 1 spiro atoms. The van der Waals surface area contributed by atoms with Crippen molar-refractivity contribution < 1.29 is 14.3 Å². The number of rotatable bonds is 3. The molecule has 0 radical (unpaired) electrons. The van der Waals surface area contributed by atoms with Crippen LogP contribution < -0.4 is 5.32 Å². The quantitative estimate of drug-likeness (QED) is 0.881. The summed E-state index contributed by atoms with van der Waals surface area (Å²) in [6.07, 6.45) is 6.46. The van der Waals surface area contributed by atoms with Crippen LogP contribution in [0.4, 0.5) is 0 Å². The number of nitrogens with one attached hydrogen (secondary N) is 1. The van der Waals surface area contributed by atoms with E-state index in [0.717, 1.165) is 25.7 Å². The second kappa shape index (κ2) is 6.61. The molecule has 1 N–H and O–H groups in total. The Morgan fingerprint density at radius 3 is 2.73 bits per heavy atom. The molecular weight excluding hydrogens is 332 g/mol. The number of aromatic nitrogens is 2. The van der Waals surface area contributed by atoms with Crippen LogP contribution >= 0.6 is 0 Å². The van der Waals surface area contributed by atoms with Crippen molar-refractivity contribution in [1.82, 2.24) is 20.2 Å². The fourth-order valence-corrected chi connectivity index (χ4v) is 4.44. The lowest BCUT2D eigenvalue weighted by Crippen LogP contribution is -2.51. The number of ether oxygens (including phenoxy) is 1. The molecule has 1 unspecified atom stereocenters. The van der Waals surface area contributed by atoms with Crippen molar-refractivity contribution in [2.24, 2.45) is 11.8 Å². The first-order chi connectivity index (χ1) is 12.5. The van der Waals surface area contributed by atoms with Crippen LogP contribution in [-0.4, -0.2) is 58.0 Å². The van der Waals surface area contributed by atoms with Gasteiger partial charge in [0.2, 0.25) is 5.91 Å². The summed E-state index contributed by atoms with van der Waals surface area (Å²) in [5, 5.41) is 3.11. The van der Waals surface area contributed by atoms with Crippen LogP contribution in [0.25, 0.3) is 0 Å². The number of amides is 2. The van der Waals surface area contributed by atoms with Gasteiger partial charge in [-0.15, -0.1) is 0 Å². The summed E-state index contributed by atoms with van der Waals surface area (Å²) in [7, 11) is 0. The first-order valence-corrected chi connectivity index (χ1v) is 9.47. The molecular formula is C19H26N4O3. The molecule has 7 nitrogen and oxygen atoms in total. The molecule has 3 atom stereocenters. The van der Waals surface area contributed by atoms with Crippen LogP contribution in [-0.2, 0) is 9.53 Å². The topological polar surface area (TPSA) is 84.4 Å². The average molecular weight is 358 g/mol. The standard InChI is InChI=1S/C19H26N4O3/c1-12-7-15(12)18(25)23-10-14(8-19(23)3-5-26-6-4-19)22-17(24)16-9-20-11-21-13(16)2/h9,11-12,14-15H,3-8,10H2,1-2H3,(H,22,24)/t12-,14?,15-/m1/s1. The van der Waals surface area contributed by atoms with E-state index in [1.807, 2.05) is 0 Å². The molecule has 4 rings (SSSR count). The van der Waals surface area contributed by atoms with Crippen molar-refractivity contribution in [2.75, 3.05) is 19.8 Å². The van der Waals surface area contributed by atoms with Gasteiger partial charge < -0.3 is 15.0 Å². The van der Waals surface area contributed by atoms with E-state index in [1.165, 1.54) is 6.33 Å². The lowest BCUT2D eigenvalue weighted by Gasteiger charge is -2.41. The van der Waals surface area contributed by atoms with Crippen LogP contribution in [0, 0.1) is 18.8 Å². The van der Waals surface area contributed by atoms with Gasteiger partial charge in [-0.2, -0.15) is 0 Å². The maximum atomic E-state index is 13.0. The molecule has 3 fully saturated rings. The van der Waals surface area contributed by atoms with Gasteiger partial charge in [-0.05, 0) is 38.5 Å². The number of carbonyl (C=O) groups excluding carboxylic acids is 2. The van der Waals surface area contributed by atoms with E-state index in [9.17, 15) is 9.59 Å². The van der Waals surface area contributed by atoms with Gasteiger partial charge in [-0.25, -0.2) is 9.97 Å². The lowest BCUT2D eigenvalue weighted by molar-refractivity contribution is -0.140. The van der Waals surface area contributed by atoms with Gasteiger partial charge in [-0.3, -0.25) is 9.59 Å². The molecule has 1 aromatic heterocycles. The van der Waals surface area contributed by atoms with Gasteiger partial charge >= 0.3 is 0 Å². The van der Waals surface area contributed by atoms with Crippen LogP contribution in [0.1, 0.15) is 48.7 Å². The zero-order valence-corrected chi connectivity index (χ0v) is 15.4. The highest BCUT2D eigenvalue weighted by Crippen LogP contribution is 2.45. The Hall–Kier alpha value is -2.02. The molecule has 2 amide bonds. The summed E-state index contributed by atoms with van der Waals surface area (Å²) in [4.78, 5) is 35.7. The fraction of sp³-hybridized carbons (Fsp3) is 0.684. The Labute approximate surface area is 153 Å². The molecule has 1 aromatic rings. The van der Waals surface area contributed by atoms with E-state index in [0.29, 0.717) is 36.9 Å². The number of carbonyl (C=O) groups is 2. The Morgan fingerprint density at radius 1 is 1.35 bits per heavy atom. The summed E-state index contributed by atoms with van der Waals surface area (Å²) in [5.74, 6) is 0.742. The van der Waals surface area contributed by atoms with Crippen molar-refractivity contribution in [3.63, 3.8) is 0 Å². The zero-order chi connectivity index (χ0) is 18.3. The highest BCUT2D eigenvalue weighted by molar-refractivity contribution is 5.95. The van der Waals surface area contributed by atoms with Gasteiger partial charge in [0.15, 0.2) is 0 Å². The van der Waals surface area contributed by atoms with Crippen LogP contribution in [0.2, 0.25) is 0 Å². The maximum absolute atomic E-state index is 13.0. The zero-order valence-electron chi connectivity index (χ0n) is 15.4. The number of hydrogen-bond acceptors (Lipinski definition) is 5. The smallest absolute Gasteiger partial charge is 0.254 e. The number of nitrogens with zero attached hydrogens (tertiary/aromatic N) is 3. The third-order valence-electron chi connectivity index (χ3n) is 6.21. The molecule has 3 aliphatic rings. The Balaban J connectivity index is 1.50. The molecule has 0 bridgehead atoms. The van der Waals surface area contributed by atoms with Crippen molar-refractivity contribution >= 4 is 11.8 Å². The number of likely N-dealkylation sites (tertiary alicyclic amines) is 1. The first kappa shape index (κ1) is 17.4. The van der Waals surface area contributed by atoms with Gasteiger partial charge in [0.25, 0.3) is 5.91 Å². The minimum absolute atomic E-state index is 0.0433. The maximum Gasteiger partial charge on any atom is 0.254 e. The summed E-state index contributed by atoms with van der Waals surface area (Å²) < 4.78 is 5.54. The van der Waals surface area contributed by atoms with E-state index < -0.39 is 0 Å². The predicted octanol–water partition coefficient (Wildman–Crippen LogP) is 1.32. The normalized spacial score (nSPS) is 29.6. The summed E-state index contributed by atoms with van der Waals surface area (Å²) in [6, 6.07) is -0.0433. The number of hydrogen-bond donors (Lipinski definition) is 1. The SMILES string of the molecule is Cc1ncncc1C(=O)NC1CN(C(=O)[C@@H]2C[C@H]2C)C2(CCOCC2)C1. The molecule has 0 aromatic carbocycles. The lowest BCUT2D eigenvalue weighted by atomic mass is 9.86. The minimum Gasteiger partial charge on any atom is -0.381 e. The van der Waals surface area contributed by atoms with Crippen molar-refractivity contribution in [3.8, 4) is 0 Å². The Morgan fingerprint density at radius 2 is 2.08 bits per heavy atom. The van der Waals surface area contributed by atoms with E-state index in [4.69, 9.17) is 4.74 Å². The molecule has 7 heteroatoms. The summed E-state index contributed by atoms with van der Waals surface area (Å²) in [5.41, 5.74) is 0.989. The van der Waals surface area contributed by atoms with E-state index in [-0.39, 0.29) is 29.3 Å².